The molecule has 1 aliphatic heterocycles. The molecule has 1 aromatic heterocycles. The molecular formula is C22H18N4O4. The molecule has 1 amide bonds. The number of nitrogens with zero attached hydrogens (tertiary/aromatic N) is 3. The third-order valence-corrected chi connectivity index (χ3v) is 5.01. The van der Waals surface area contributed by atoms with Crippen LogP contribution in [0.25, 0.3) is 10.9 Å². The number of amides is 1. The van der Waals surface area contributed by atoms with E-state index in [2.05, 4.69) is 10.3 Å². The summed E-state index contributed by atoms with van der Waals surface area (Å²) in [5, 5.41) is 12.1. The van der Waals surface area contributed by atoms with Gasteiger partial charge in [0.25, 0.3) is 11.5 Å². The van der Waals surface area contributed by atoms with Crippen molar-refractivity contribution in [2.45, 2.75) is 32.4 Å². The van der Waals surface area contributed by atoms with Gasteiger partial charge in [-0.3, -0.25) is 14.2 Å². The number of carbonyl (C=O) groups excluding carboxylic acids is 2. The van der Waals surface area contributed by atoms with E-state index in [9.17, 15) is 14.4 Å². The minimum absolute atomic E-state index is 0.115. The van der Waals surface area contributed by atoms with Crippen LogP contribution in [0.15, 0.2) is 47.3 Å². The average molecular weight is 402 g/mol. The van der Waals surface area contributed by atoms with Crippen LogP contribution in [-0.4, -0.2) is 27.5 Å². The number of hydrogen-bond acceptors (Lipinski definition) is 6. The highest BCUT2D eigenvalue weighted by molar-refractivity contribution is 5.99. The van der Waals surface area contributed by atoms with E-state index in [1.54, 1.807) is 34.9 Å². The van der Waals surface area contributed by atoms with Crippen molar-refractivity contribution in [3.63, 3.8) is 0 Å². The van der Waals surface area contributed by atoms with E-state index in [0.29, 0.717) is 34.5 Å². The SMILES string of the molecule is C[C@H](OC(=O)c1ccc2c(=O)n3c(nc2c1)CCC3)C(=O)Nc1ccccc1C#N. The number of esters is 1. The Balaban J connectivity index is 1.51. The summed E-state index contributed by atoms with van der Waals surface area (Å²) in [7, 11) is 0. The molecule has 150 valence electrons. The number of para-hydroxylation sites is 1. The number of hydrogen-bond donors (Lipinski definition) is 1. The van der Waals surface area contributed by atoms with Crippen molar-refractivity contribution in [1.29, 1.82) is 5.26 Å². The number of rotatable bonds is 4. The molecule has 1 atom stereocenters. The molecule has 0 spiro atoms. The molecule has 0 fully saturated rings. The number of aryl methyl sites for hydroxylation is 1. The van der Waals surface area contributed by atoms with E-state index in [1.165, 1.54) is 19.1 Å². The number of ether oxygens (including phenoxy) is 1. The minimum atomic E-state index is -1.08. The average Bonchev–Trinajstić information content (AvgIpc) is 3.22. The van der Waals surface area contributed by atoms with Crippen molar-refractivity contribution < 1.29 is 14.3 Å². The lowest BCUT2D eigenvalue weighted by Gasteiger charge is -2.14. The van der Waals surface area contributed by atoms with Gasteiger partial charge in [-0.05, 0) is 43.7 Å². The highest BCUT2D eigenvalue weighted by Gasteiger charge is 2.21. The van der Waals surface area contributed by atoms with Crippen molar-refractivity contribution in [2.24, 2.45) is 0 Å². The number of nitrogens with one attached hydrogen (secondary N) is 1. The molecule has 1 aliphatic rings. The quantitative estimate of drug-likeness (QED) is 0.670. The first-order chi connectivity index (χ1) is 14.5. The topological polar surface area (TPSA) is 114 Å². The molecule has 3 aromatic rings. The van der Waals surface area contributed by atoms with Gasteiger partial charge >= 0.3 is 5.97 Å². The highest BCUT2D eigenvalue weighted by atomic mass is 16.5. The summed E-state index contributed by atoms with van der Waals surface area (Å²) in [5.41, 5.74) is 1.18. The normalized spacial score (nSPS) is 13.3. The highest BCUT2D eigenvalue weighted by Crippen LogP contribution is 2.18. The van der Waals surface area contributed by atoms with Crippen LogP contribution in [0.5, 0.6) is 0 Å². The first-order valence-corrected chi connectivity index (χ1v) is 9.52. The lowest BCUT2D eigenvalue weighted by molar-refractivity contribution is -0.123. The summed E-state index contributed by atoms with van der Waals surface area (Å²) in [6, 6.07) is 13.1. The Morgan fingerprint density at radius 3 is 2.87 bits per heavy atom. The maximum absolute atomic E-state index is 12.5. The van der Waals surface area contributed by atoms with Gasteiger partial charge in [0.2, 0.25) is 0 Å². The summed E-state index contributed by atoms with van der Waals surface area (Å²) in [5.74, 6) is -0.543. The van der Waals surface area contributed by atoms with Gasteiger partial charge < -0.3 is 10.1 Å². The van der Waals surface area contributed by atoms with E-state index >= 15 is 0 Å². The third kappa shape index (κ3) is 3.53. The molecule has 4 rings (SSSR count). The van der Waals surface area contributed by atoms with Gasteiger partial charge in [-0.25, -0.2) is 9.78 Å². The number of anilines is 1. The Labute approximate surface area is 171 Å². The molecular weight excluding hydrogens is 384 g/mol. The Kier molecular flexibility index (Phi) is 5.02. The van der Waals surface area contributed by atoms with Crippen LogP contribution in [-0.2, 0) is 22.5 Å². The van der Waals surface area contributed by atoms with Gasteiger partial charge in [0.1, 0.15) is 11.9 Å². The zero-order valence-corrected chi connectivity index (χ0v) is 16.2. The number of aromatic nitrogens is 2. The monoisotopic (exact) mass is 402 g/mol. The standard InChI is InChI=1S/C22H18N4O4/c1-13(20(27)25-17-6-3-2-5-15(17)12-23)30-22(29)14-8-9-16-18(11-14)24-19-7-4-10-26(19)21(16)28/h2-3,5-6,8-9,11,13H,4,7,10H2,1H3,(H,25,27)/t13-/m0/s1. The van der Waals surface area contributed by atoms with Crippen molar-refractivity contribution in [3.05, 3.63) is 69.8 Å². The second-order valence-corrected chi connectivity index (χ2v) is 7.01. The van der Waals surface area contributed by atoms with E-state index in [1.807, 2.05) is 6.07 Å². The maximum Gasteiger partial charge on any atom is 0.338 e. The van der Waals surface area contributed by atoms with E-state index in [4.69, 9.17) is 10.00 Å². The van der Waals surface area contributed by atoms with Crippen LogP contribution in [0.4, 0.5) is 5.69 Å². The second-order valence-electron chi connectivity index (χ2n) is 7.01. The Morgan fingerprint density at radius 2 is 2.07 bits per heavy atom. The number of fused-ring (bicyclic) bond motifs is 2. The predicted octanol–water partition coefficient (Wildman–Crippen LogP) is 2.40. The molecule has 8 heteroatoms. The summed E-state index contributed by atoms with van der Waals surface area (Å²) >= 11 is 0. The zero-order valence-electron chi connectivity index (χ0n) is 16.2. The molecule has 0 aliphatic carbocycles. The fourth-order valence-corrected chi connectivity index (χ4v) is 3.42. The zero-order chi connectivity index (χ0) is 21.3. The summed E-state index contributed by atoms with van der Waals surface area (Å²) < 4.78 is 6.93. The van der Waals surface area contributed by atoms with Crippen molar-refractivity contribution >= 4 is 28.5 Å². The van der Waals surface area contributed by atoms with Crippen LogP contribution in [0.2, 0.25) is 0 Å². The van der Waals surface area contributed by atoms with E-state index in [0.717, 1.165) is 12.8 Å². The van der Waals surface area contributed by atoms with Gasteiger partial charge in [0, 0.05) is 13.0 Å². The van der Waals surface area contributed by atoms with Crippen molar-refractivity contribution in [3.8, 4) is 6.07 Å². The smallest absolute Gasteiger partial charge is 0.338 e. The molecule has 0 saturated carbocycles. The van der Waals surface area contributed by atoms with Crippen LogP contribution in [0.1, 0.15) is 35.1 Å². The molecule has 0 radical (unpaired) electrons. The first-order valence-electron chi connectivity index (χ1n) is 9.52. The molecule has 0 unspecified atom stereocenters. The van der Waals surface area contributed by atoms with Gasteiger partial charge in [-0.2, -0.15) is 5.26 Å². The van der Waals surface area contributed by atoms with Crippen LogP contribution in [0.3, 0.4) is 0 Å². The summed E-state index contributed by atoms with van der Waals surface area (Å²) in [6.45, 7) is 2.10. The Bertz CT molecular complexity index is 1270. The summed E-state index contributed by atoms with van der Waals surface area (Å²) in [4.78, 5) is 41.9. The third-order valence-electron chi connectivity index (χ3n) is 5.01. The first kappa shape index (κ1) is 19.3. The molecule has 30 heavy (non-hydrogen) atoms. The number of nitriles is 1. The molecule has 8 nitrogen and oxygen atoms in total. The maximum atomic E-state index is 12.5. The molecule has 2 heterocycles. The molecule has 0 saturated heterocycles. The number of carbonyl (C=O) groups is 2. The van der Waals surface area contributed by atoms with Crippen LogP contribution in [0, 0.1) is 11.3 Å². The summed E-state index contributed by atoms with van der Waals surface area (Å²) in [6.07, 6.45) is 0.509. The minimum Gasteiger partial charge on any atom is -0.449 e. The van der Waals surface area contributed by atoms with Gasteiger partial charge in [0.15, 0.2) is 6.10 Å². The van der Waals surface area contributed by atoms with E-state index < -0.39 is 18.0 Å². The van der Waals surface area contributed by atoms with Gasteiger partial charge in [0.05, 0.1) is 27.7 Å². The van der Waals surface area contributed by atoms with Crippen LogP contribution < -0.4 is 10.9 Å². The molecule has 1 N–H and O–H groups in total. The molecule has 0 bridgehead atoms. The lowest BCUT2D eigenvalue weighted by Crippen LogP contribution is -2.30. The number of benzene rings is 2. The second kappa shape index (κ2) is 7.79. The fraction of sp³-hybridized carbons (Fsp3) is 0.227. The lowest BCUT2D eigenvalue weighted by atomic mass is 10.1. The Hall–Kier alpha value is -3.99. The van der Waals surface area contributed by atoms with Crippen LogP contribution >= 0.6 is 0 Å². The van der Waals surface area contributed by atoms with Crippen molar-refractivity contribution in [1.82, 2.24) is 9.55 Å². The predicted molar refractivity (Wildman–Crippen MR) is 109 cm³/mol. The van der Waals surface area contributed by atoms with E-state index in [-0.39, 0.29) is 11.1 Å². The van der Waals surface area contributed by atoms with Gasteiger partial charge in [-0.1, -0.05) is 12.1 Å². The largest absolute Gasteiger partial charge is 0.449 e. The van der Waals surface area contributed by atoms with Crippen molar-refractivity contribution in [2.75, 3.05) is 5.32 Å². The fourth-order valence-electron chi connectivity index (χ4n) is 3.42. The molecule has 2 aromatic carbocycles. The van der Waals surface area contributed by atoms with Gasteiger partial charge in [-0.15, -0.1) is 0 Å². The Morgan fingerprint density at radius 1 is 1.27 bits per heavy atom.